The van der Waals surface area contributed by atoms with Crippen molar-refractivity contribution in [3.05, 3.63) is 59.1 Å². The molecule has 0 radical (unpaired) electrons. The highest BCUT2D eigenvalue weighted by molar-refractivity contribution is 8.00. The van der Waals surface area contributed by atoms with E-state index in [4.69, 9.17) is 11.6 Å². The molecule has 2 heterocycles. The molecule has 2 aromatic rings. The summed E-state index contributed by atoms with van der Waals surface area (Å²) in [6.07, 6.45) is 5.28. The zero-order chi connectivity index (χ0) is 18.1. The van der Waals surface area contributed by atoms with Gasteiger partial charge in [0.1, 0.15) is 0 Å². The van der Waals surface area contributed by atoms with Crippen molar-refractivity contribution in [1.29, 1.82) is 0 Å². The molecule has 1 amide bonds. The second-order valence-electron chi connectivity index (χ2n) is 7.25. The fraction of sp³-hybridized carbons (Fsp3) is 0.381. The first kappa shape index (κ1) is 17.9. The third-order valence-corrected chi connectivity index (χ3v) is 7.09. The zero-order valence-corrected chi connectivity index (χ0v) is 16.4. The van der Waals surface area contributed by atoms with Crippen LogP contribution in [-0.4, -0.2) is 35.2 Å². The average molecular weight is 387 g/mol. The van der Waals surface area contributed by atoms with Crippen molar-refractivity contribution in [3.63, 3.8) is 0 Å². The topological polar surface area (TPSA) is 32.3 Å². The Bertz CT molecular complexity index is 764. The normalized spacial score (nSPS) is 25.2. The third-order valence-electron chi connectivity index (χ3n) is 5.58. The lowest BCUT2D eigenvalue weighted by Crippen LogP contribution is -2.40. The number of benzene rings is 2. The highest BCUT2D eigenvalue weighted by Gasteiger charge is 2.38. The first-order chi connectivity index (χ1) is 12.6. The van der Waals surface area contributed by atoms with Gasteiger partial charge in [-0.15, -0.1) is 11.8 Å². The maximum absolute atomic E-state index is 12.3. The van der Waals surface area contributed by atoms with Gasteiger partial charge in [0.15, 0.2) is 0 Å². The van der Waals surface area contributed by atoms with E-state index in [1.807, 2.05) is 23.9 Å². The Morgan fingerprint density at radius 3 is 2.27 bits per heavy atom. The van der Waals surface area contributed by atoms with Gasteiger partial charge in [0.25, 0.3) is 5.91 Å². The summed E-state index contributed by atoms with van der Waals surface area (Å²) in [4.78, 5) is 16.1. The molecule has 2 aromatic carbocycles. The Hall–Kier alpha value is -1.49. The number of nitrogens with zero attached hydrogens (tertiary/aromatic N) is 1. The molecule has 4 rings (SSSR count). The summed E-state index contributed by atoms with van der Waals surface area (Å²) in [6.45, 7) is 0. The monoisotopic (exact) mass is 386 g/mol. The maximum atomic E-state index is 12.3. The number of halogens is 1. The number of hydrogen-bond donors (Lipinski definition) is 1. The second-order valence-corrected chi connectivity index (χ2v) is 9.06. The van der Waals surface area contributed by atoms with Crippen LogP contribution in [0, 0.1) is 0 Å². The van der Waals surface area contributed by atoms with E-state index in [0.29, 0.717) is 15.8 Å². The number of thioether (sulfide) groups is 1. The van der Waals surface area contributed by atoms with Crippen LogP contribution >= 0.6 is 23.4 Å². The molecule has 0 spiro atoms. The number of carbonyl (C=O) groups excluding carboxylic acids is 1. The smallest absolute Gasteiger partial charge is 0.255 e. The summed E-state index contributed by atoms with van der Waals surface area (Å²) in [7, 11) is 2.28. The average Bonchev–Trinajstić information content (AvgIpc) is 2.85. The van der Waals surface area contributed by atoms with E-state index in [9.17, 15) is 4.79 Å². The van der Waals surface area contributed by atoms with Crippen molar-refractivity contribution in [2.75, 3.05) is 12.4 Å². The minimum absolute atomic E-state index is 0.117. The molecular weight excluding hydrogens is 364 g/mol. The predicted molar refractivity (Wildman–Crippen MR) is 109 cm³/mol. The van der Waals surface area contributed by atoms with Crippen LogP contribution in [0.4, 0.5) is 5.69 Å². The van der Waals surface area contributed by atoms with Gasteiger partial charge in [-0.1, -0.05) is 11.6 Å². The molecule has 2 saturated heterocycles. The van der Waals surface area contributed by atoms with Gasteiger partial charge in [0.2, 0.25) is 0 Å². The third kappa shape index (κ3) is 3.93. The molecule has 3 atom stereocenters. The lowest BCUT2D eigenvalue weighted by Gasteiger charge is -2.36. The number of fused-ring (bicyclic) bond motifs is 2. The Morgan fingerprint density at radius 1 is 1.04 bits per heavy atom. The number of piperidine rings is 1. The Labute approximate surface area is 164 Å². The van der Waals surface area contributed by atoms with Crippen LogP contribution in [0.15, 0.2) is 53.4 Å². The first-order valence-corrected chi connectivity index (χ1v) is 10.4. The quantitative estimate of drug-likeness (QED) is 0.772. The number of nitrogens with one attached hydrogen (secondary N) is 1. The molecule has 1 unspecified atom stereocenters. The van der Waals surface area contributed by atoms with Crippen LogP contribution in [-0.2, 0) is 0 Å². The van der Waals surface area contributed by atoms with Crippen LogP contribution in [0.25, 0.3) is 0 Å². The number of hydrogen-bond acceptors (Lipinski definition) is 3. The SMILES string of the molecule is CN1[C@@H]2CC[C@H]1CC(Sc1ccc(NC(=O)c3ccc(Cl)cc3)cc1)C2. The van der Waals surface area contributed by atoms with Gasteiger partial charge in [0.05, 0.1) is 0 Å². The molecule has 0 aliphatic carbocycles. The zero-order valence-electron chi connectivity index (χ0n) is 14.8. The van der Waals surface area contributed by atoms with E-state index < -0.39 is 0 Å². The van der Waals surface area contributed by atoms with Gasteiger partial charge in [-0.25, -0.2) is 0 Å². The molecule has 0 saturated carbocycles. The number of carbonyl (C=O) groups is 1. The predicted octanol–water partition coefficient (Wildman–Crippen LogP) is 5.31. The minimum Gasteiger partial charge on any atom is -0.322 e. The number of amides is 1. The van der Waals surface area contributed by atoms with Gasteiger partial charge >= 0.3 is 0 Å². The van der Waals surface area contributed by atoms with Crippen LogP contribution < -0.4 is 5.32 Å². The van der Waals surface area contributed by atoms with Crippen LogP contribution in [0.5, 0.6) is 0 Å². The molecule has 2 aliphatic rings. The Kier molecular flexibility index (Phi) is 5.25. The summed E-state index contributed by atoms with van der Waals surface area (Å²) in [5, 5.41) is 4.28. The van der Waals surface area contributed by atoms with Crippen molar-refractivity contribution in [2.24, 2.45) is 0 Å². The maximum Gasteiger partial charge on any atom is 0.255 e. The van der Waals surface area contributed by atoms with Crippen molar-refractivity contribution >= 4 is 35.0 Å². The summed E-state index contributed by atoms with van der Waals surface area (Å²) in [6, 6.07) is 16.7. The van der Waals surface area contributed by atoms with Crippen LogP contribution in [0.2, 0.25) is 5.02 Å². The summed E-state index contributed by atoms with van der Waals surface area (Å²) < 4.78 is 0. The largest absolute Gasteiger partial charge is 0.322 e. The van der Waals surface area contributed by atoms with E-state index in [1.54, 1.807) is 24.3 Å². The standard InChI is InChI=1S/C21H23ClN2OS/c1-24-17-8-9-18(24)13-20(12-17)26-19-10-6-16(7-11-19)23-21(25)14-2-4-15(22)5-3-14/h2-7,10-11,17-18,20H,8-9,12-13H2,1H3,(H,23,25)/t17-,18+,20?. The highest BCUT2D eigenvalue weighted by atomic mass is 35.5. The first-order valence-electron chi connectivity index (χ1n) is 9.14. The van der Waals surface area contributed by atoms with E-state index in [2.05, 4.69) is 29.4 Å². The van der Waals surface area contributed by atoms with Gasteiger partial charge in [0, 0.05) is 38.5 Å². The molecule has 2 bridgehead atoms. The fourth-order valence-electron chi connectivity index (χ4n) is 4.07. The highest BCUT2D eigenvalue weighted by Crippen LogP contribution is 2.41. The summed E-state index contributed by atoms with van der Waals surface area (Å²) >= 11 is 7.85. The Balaban J connectivity index is 1.35. The molecule has 136 valence electrons. The van der Waals surface area contributed by atoms with E-state index in [1.165, 1.54) is 30.6 Å². The van der Waals surface area contributed by atoms with Crippen molar-refractivity contribution in [3.8, 4) is 0 Å². The summed E-state index contributed by atoms with van der Waals surface area (Å²) in [5.41, 5.74) is 1.42. The van der Waals surface area contributed by atoms with Gasteiger partial charge < -0.3 is 10.2 Å². The van der Waals surface area contributed by atoms with Crippen molar-refractivity contribution in [2.45, 2.75) is 47.9 Å². The van der Waals surface area contributed by atoms with E-state index in [0.717, 1.165) is 17.8 Å². The summed E-state index contributed by atoms with van der Waals surface area (Å²) in [5.74, 6) is -0.117. The Morgan fingerprint density at radius 2 is 1.65 bits per heavy atom. The van der Waals surface area contributed by atoms with Crippen LogP contribution in [0.3, 0.4) is 0 Å². The fourth-order valence-corrected chi connectivity index (χ4v) is 5.51. The van der Waals surface area contributed by atoms with Gasteiger partial charge in [-0.05, 0) is 81.3 Å². The number of anilines is 1. The molecule has 2 fully saturated rings. The van der Waals surface area contributed by atoms with Crippen molar-refractivity contribution < 1.29 is 4.79 Å². The molecule has 5 heteroatoms. The molecule has 1 N–H and O–H groups in total. The van der Waals surface area contributed by atoms with Gasteiger partial charge in [-0.2, -0.15) is 0 Å². The molecular formula is C21H23ClN2OS. The number of rotatable bonds is 4. The molecule has 26 heavy (non-hydrogen) atoms. The molecule has 2 aliphatic heterocycles. The van der Waals surface area contributed by atoms with Crippen LogP contribution in [0.1, 0.15) is 36.0 Å². The van der Waals surface area contributed by atoms with Crippen molar-refractivity contribution in [1.82, 2.24) is 4.90 Å². The lowest BCUT2D eigenvalue weighted by molar-refractivity contribution is 0.102. The second kappa shape index (κ2) is 7.63. The van der Waals surface area contributed by atoms with E-state index in [-0.39, 0.29) is 5.91 Å². The molecule has 3 nitrogen and oxygen atoms in total. The minimum atomic E-state index is -0.117. The van der Waals surface area contributed by atoms with E-state index >= 15 is 0 Å². The van der Waals surface area contributed by atoms with Gasteiger partial charge in [-0.3, -0.25) is 4.79 Å². The lowest BCUT2D eigenvalue weighted by atomic mass is 10.0. The molecule has 0 aromatic heterocycles.